The average Bonchev–Trinajstić information content (AvgIpc) is 2.67. The molecule has 2 aromatic carbocycles. The zero-order valence-corrected chi connectivity index (χ0v) is 18.1. The molecule has 2 rings (SSSR count). The van der Waals surface area contributed by atoms with Crippen molar-refractivity contribution in [1.82, 2.24) is 10.0 Å². The first-order chi connectivity index (χ1) is 13.8. The van der Waals surface area contributed by atoms with E-state index in [1.807, 2.05) is 31.2 Å². The van der Waals surface area contributed by atoms with Crippen molar-refractivity contribution in [2.75, 3.05) is 27.3 Å². The molecule has 29 heavy (non-hydrogen) atoms. The smallest absolute Gasteiger partial charge is 0.240 e. The fourth-order valence-electron chi connectivity index (χ4n) is 2.98. The van der Waals surface area contributed by atoms with Gasteiger partial charge in [-0.05, 0) is 55.7 Å². The van der Waals surface area contributed by atoms with Crippen molar-refractivity contribution < 1.29 is 22.7 Å². The van der Waals surface area contributed by atoms with Crippen LogP contribution < -0.4 is 19.5 Å². The van der Waals surface area contributed by atoms with Crippen LogP contribution in [0.15, 0.2) is 41.3 Å². The summed E-state index contributed by atoms with van der Waals surface area (Å²) in [6.45, 7) is 4.10. The molecular weight excluding hydrogens is 392 g/mol. The Labute approximate surface area is 172 Å². The largest absolute Gasteiger partial charge is 0.497 e. The van der Waals surface area contributed by atoms with Crippen molar-refractivity contribution in [2.45, 2.75) is 31.6 Å². The third-order valence-corrected chi connectivity index (χ3v) is 6.09. The zero-order valence-electron chi connectivity index (χ0n) is 17.2. The van der Waals surface area contributed by atoms with E-state index in [0.717, 1.165) is 16.9 Å². The van der Waals surface area contributed by atoms with Gasteiger partial charge in [0.2, 0.25) is 15.9 Å². The van der Waals surface area contributed by atoms with Gasteiger partial charge in [0.05, 0.1) is 19.1 Å². The lowest BCUT2D eigenvalue weighted by Gasteiger charge is -2.12. The van der Waals surface area contributed by atoms with E-state index >= 15 is 0 Å². The lowest BCUT2D eigenvalue weighted by atomic mass is 10.1. The highest BCUT2D eigenvalue weighted by atomic mass is 32.2. The minimum absolute atomic E-state index is 0.0317. The summed E-state index contributed by atoms with van der Waals surface area (Å²) in [4.78, 5) is 12.3. The Balaban J connectivity index is 1.82. The van der Waals surface area contributed by atoms with Crippen LogP contribution in [0.4, 0.5) is 0 Å². The number of aryl methyl sites for hydroxylation is 2. The highest BCUT2D eigenvalue weighted by molar-refractivity contribution is 7.89. The average molecular weight is 421 g/mol. The number of sulfonamides is 1. The molecule has 0 aromatic heterocycles. The Morgan fingerprint density at radius 1 is 1.00 bits per heavy atom. The standard InChI is InChI=1S/C21H28N2O5S/c1-15-5-8-20(16(2)13-15)29(25,26)23-12-10-21(24)22-11-9-17-14-18(27-3)6-7-19(17)28-4/h5-8,13-14,23H,9-12H2,1-4H3,(H,22,24). The number of nitrogens with one attached hydrogen (secondary N) is 2. The van der Waals surface area contributed by atoms with Gasteiger partial charge in [-0.2, -0.15) is 0 Å². The molecule has 8 heteroatoms. The summed E-state index contributed by atoms with van der Waals surface area (Å²) in [6, 6.07) is 10.6. The first-order valence-corrected chi connectivity index (χ1v) is 10.8. The number of amides is 1. The Morgan fingerprint density at radius 2 is 1.76 bits per heavy atom. The number of carbonyl (C=O) groups is 1. The van der Waals surface area contributed by atoms with Gasteiger partial charge in [0.15, 0.2) is 0 Å². The van der Waals surface area contributed by atoms with E-state index in [0.29, 0.717) is 24.3 Å². The second-order valence-electron chi connectivity index (χ2n) is 6.69. The number of ether oxygens (including phenoxy) is 2. The van der Waals surface area contributed by atoms with Gasteiger partial charge in [-0.15, -0.1) is 0 Å². The van der Waals surface area contributed by atoms with Crippen molar-refractivity contribution >= 4 is 15.9 Å². The molecule has 0 unspecified atom stereocenters. The maximum Gasteiger partial charge on any atom is 0.240 e. The molecule has 1 amide bonds. The monoisotopic (exact) mass is 420 g/mol. The summed E-state index contributed by atoms with van der Waals surface area (Å²) >= 11 is 0. The summed E-state index contributed by atoms with van der Waals surface area (Å²) in [6.07, 6.45) is 0.625. The molecule has 0 saturated heterocycles. The third kappa shape index (κ3) is 6.47. The molecule has 0 heterocycles. The number of hydrogen-bond donors (Lipinski definition) is 2. The van der Waals surface area contributed by atoms with E-state index in [2.05, 4.69) is 10.0 Å². The SMILES string of the molecule is COc1ccc(OC)c(CCNC(=O)CCNS(=O)(=O)c2ccc(C)cc2C)c1. The first-order valence-electron chi connectivity index (χ1n) is 9.31. The van der Waals surface area contributed by atoms with Crippen LogP contribution in [-0.2, 0) is 21.2 Å². The van der Waals surface area contributed by atoms with Crippen molar-refractivity contribution in [2.24, 2.45) is 0 Å². The summed E-state index contributed by atoms with van der Waals surface area (Å²) in [5.74, 6) is 1.21. The van der Waals surface area contributed by atoms with Crippen LogP contribution in [0, 0.1) is 13.8 Å². The molecule has 0 aliphatic rings. The number of rotatable bonds is 10. The van der Waals surface area contributed by atoms with Gasteiger partial charge in [-0.3, -0.25) is 4.79 Å². The minimum atomic E-state index is -3.64. The van der Waals surface area contributed by atoms with Gasteiger partial charge in [0.1, 0.15) is 11.5 Å². The zero-order chi connectivity index (χ0) is 21.4. The Kier molecular flexibility index (Phi) is 8.04. The van der Waals surface area contributed by atoms with Gasteiger partial charge in [0.25, 0.3) is 0 Å². The van der Waals surface area contributed by atoms with Crippen LogP contribution >= 0.6 is 0 Å². The summed E-state index contributed by atoms with van der Waals surface area (Å²) in [7, 11) is -0.465. The van der Waals surface area contributed by atoms with Crippen LogP contribution in [0.1, 0.15) is 23.1 Å². The van der Waals surface area contributed by atoms with E-state index in [4.69, 9.17) is 9.47 Å². The topological polar surface area (TPSA) is 93.7 Å². The van der Waals surface area contributed by atoms with E-state index < -0.39 is 10.0 Å². The number of carbonyl (C=O) groups excluding carboxylic acids is 1. The van der Waals surface area contributed by atoms with Crippen LogP contribution in [-0.4, -0.2) is 41.6 Å². The van der Waals surface area contributed by atoms with Gasteiger partial charge >= 0.3 is 0 Å². The highest BCUT2D eigenvalue weighted by Gasteiger charge is 2.16. The van der Waals surface area contributed by atoms with E-state index in [-0.39, 0.29) is 23.8 Å². The first kappa shape index (κ1) is 22.7. The molecule has 0 aliphatic heterocycles. The van der Waals surface area contributed by atoms with Gasteiger partial charge in [-0.25, -0.2) is 13.1 Å². The molecule has 0 aliphatic carbocycles. The molecule has 0 radical (unpaired) electrons. The van der Waals surface area contributed by atoms with Crippen molar-refractivity contribution in [3.8, 4) is 11.5 Å². The molecule has 0 atom stereocenters. The van der Waals surface area contributed by atoms with E-state index in [1.54, 1.807) is 33.3 Å². The van der Waals surface area contributed by atoms with Gasteiger partial charge in [-0.1, -0.05) is 17.7 Å². The predicted molar refractivity (Wildman–Crippen MR) is 112 cm³/mol. The number of methoxy groups -OCH3 is 2. The highest BCUT2D eigenvalue weighted by Crippen LogP contribution is 2.24. The van der Waals surface area contributed by atoms with Crippen LogP contribution in [0.3, 0.4) is 0 Å². The summed E-state index contributed by atoms with van der Waals surface area (Å²) in [5, 5.41) is 2.79. The maximum absolute atomic E-state index is 12.4. The molecule has 0 spiro atoms. The quantitative estimate of drug-likeness (QED) is 0.615. The normalized spacial score (nSPS) is 11.2. The second kappa shape index (κ2) is 10.3. The molecule has 158 valence electrons. The summed E-state index contributed by atoms with van der Waals surface area (Å²) in [5.41, 5.74) is 2.59. The fourth-order valence-corrected chi connectivity index (χ4v) is 4.24. The van der Waals surface area contributed by atoms with E-state index in [9.17, 15) is 13.2 Å². The lowest BCUT2D eigenvalue weighted by Crippen LogP contribution is -2.32. The molecule has 0 saturated carbocycles. The third-order valence-electron chi connectivity index (χ3n) is 4.47. The van der Waals surface area contributed by atoms with Gasteiger partial charge < -0.3 is 14.8 Å². The van der Waals surface area contributed by atoms with Crippen molar-refractivity contribution in [1.29, 1.82) is 0 Å². The molecule has 0 bridgehead atoms. The van der Waals surface area contributed by atoms with Crippen LogP contribution in [0.25, 0.3) is 0 Å². The Bertz CT molecular complexity index is 958. The predicted octanol–water partition coefficient (Wildman–Crippen LogP) is 2.35. The lowest BCUT2D eigenvalue weighted by molar-refractivity contribution is -0.120. The van der Waals surface area contributed by atoms with Crippen molar-refractivity contribution in [3.63, 3.8) is 0 Å². The molecular formula is C21H28N2O5S. The fraction of sp³-hybridized carbons (Fsp3) is 0.381. The number of benzene rings is 2. The summed E-state index contributed by atoms with van der Waals surface area (Å²) < 4.78 is 37.8. The second-order valence-corrected chi connectivity index (χ2v) is 8.43. The molecule has 7 nitrogen and oxygen atoms in total. The van der Waals surface area contributed by atoms with Crippen LogP contribution in [0.5, 0.6) is 11.5 Å². The molecule has 0 fully saturated rings. The molecule has 2 aromatic rings. The maximum atomic E-state index is 12.4. The van der Waals surface area contributed by atoms with Crippen LogP contribution in [0.2, 0.25) is 0 Å². The molecule has 2 N–H and O–H groups in total. The van der Waals surface area contributed by atoms with Gasteiger partial charge in [0, 0.05) is 19.5 Å². The van der Waals surface area contributed by atoms with E-state index in [1.165, 1.54) is 0 Å². The van der Waals surface area contributed by atoms with Crippen molar-refractivity contribution in [3.05, 3.63) is 53.1 Å². The Morgan fingerprint density at radius 3 is 2.41 bits per heavy atom. The Hall–Kier alpha value is -2.58. The number of hydrogen-bond acceptors (Lipinski definition) is 5. The minimum Gasteiger partial charge on any atom is -0.497 e.